The zero-order valence-corrected chi connectivity index (χ0v) is 13.9. The molecule has 6 atom stereocenters. The molecule has 126 valence electrons. The van der Waals surface area contributed by atoms with Gasteiger partial charge in [-0.25, -0.2) is 0 Å². The van der Waals surface area contributed by atoms with Gasteiger partial charge >= 0.3 is 0 Å². The first-order valence-corrected chi connectivity index (χ1v) is 9.15. The molecule has 3 N–H and O–H groups in total. The number of aryl methyl sites for hydroxylation is 1. The molecule has 0 heterocycles. The Morgan fingerprint density at radius 1 is 1.26 bits per heavy atom. The Bertz CT molecular complexity index is 599. The van der Waals surface area contributed by atoms with Crippen LogP contribution in [0.15, 0.2) is 18.2 Å². The second-order valence-corrected chi connectivity index (χ2v) is 8.29. The van der Waals surface area contributed by atoms with Gasteiger partial charge in [-0.3, -0.25) is 0 Å². The van der Waals surface area contributed by atoms with E-state index in [9.17, 15) is 15.3 Å². The maximum absolute atomic E-state index is 10.7. The summed E-state index contributed by atoms with van der Waals surface area (Å²) in [6.07, 6.45) is 5.85. The van der Waals surface area contributed by atoms with Crippen LogP contribution >= 0.6 is 0 Å². The van der Waals surface area contributed by atoms with E-state index in [1.165, 1.54) is 11.1 Å². The van der Waals surface area contributed by atoms with Crippen molar-refractivity contribution in [1.82, 2.24) is 0 Å². The second-order valence-electron chi connectivity index (χ2n) is 8.29. The predicted molar refractivity (Wildman–Crippen MR) is 89.3 cm³/mol. The van der Waals surface area contributed by atoms with Crippen molar-refractivity contribution in [2.75, 3.05) is 6.61 Å². The molecule has 3 aliphatic rings. The number of rotatable bonds is 2. The largest absolute Gasteiger partial charge is 0.508 e. The van der Waals surface area contributed by atoms with Crippen molar-refractivity contribution in [1.29, 1.82) is 0 Å². The number of hydrogen-bond donors (Lipinski definition) is 3. The second kappa shape index (κ2) is 5.49. The molecule has 0 bridgehead atoms. The number of aliphatic hydroxyl groups is 2. The van der Waals surface area contributed by atoms with Gasteiger partial charge in [0.05, 0.1) is 6.10 Å². The van der Waals surface area contributed by atoms with Crippen molar-refractivity contribution in [2.24, 2.45) is 23.2 Å². The van der Waals surface area contributed by atoms with Gasteiger partial charge in [-0.15, -0.1) is 0 Å². The van der Waals surface area contributed by atoms with Gasteiger partial charge in [0, 0.05) is 6.61 Å². The van der Waals surface area contributed by atoms with Crippen LogP contribution in [0, 0.1) is 23.2 Å². The van der Waals surface area contributed by atoms with Crippen LogP contribution in [0.2, 0.25) is 0 Å². The summed E-state index contributed by atoms with van der Waals surface area (Å²) in [5.41, 5.74) is 2.76. The Labute approximate surface area is 138 Å². The van der Waals surface area contributed by atoms with Crippen LogP contribution in [-0.2, 0) is 6.42 Å². The molecule has 0 aliphatic heterocycles. The van der Waals surface area contributed by atoms with E-state index in [1.54, 1.807) is 0 Å². The average Bonchev–Trinajstić information content (AvgIpc) is 2.78. The zero-order valence-electron chi connectivity index (χ0n) is 13.9. The van der Waals surface area contributed by atoms with Crippen molar-refractivity contribution in [2.45, 2.75) is 57.5 Å². The molecular formula is C20H28O3. The molecule has 4 rings (SSSR count). The van der Waals surface area contributed by atoms with Crippen LogP contribution in [0.25, 0.3) is 0 Å². The lowest BCUT2D eigenvalue weighted by molar-refractivity contribution is -0.0313. The summed E-state index contributed by atoms with van der Waals surface area (Å²) in [4.78, 5) is 0. The molecule has 0 radical (unpaired) electrons. The Balaban J connectivity index is 1.70. The zero-order chi connectivity index (χ0) is 16.2. The van der Waals surface area contributed by atoms with E-state index in [4.69, 9.17) is 0 Å². The van der Waals surface area contributed by atoms with Crippen molar-refractivity contribution in [3.05, 3.63) is 29.3 Å². The summed E-state index contributed by atoms with van der Waals surface area (Å²) in [6.45, 7) is 2.51. The SMILES string of the molecule is C[C@]12CC[C@@H]3c4ccc(O)cc4CC[C@H]3[C@@H]1C(CCO)CC2O. The van der Waals surface area contributed by atoms with Gasteiger partial charge in [0.1, 0.15) is 5.75 Å². The number of benzene rings is 1. The van der Waals surface area contributed by atoms with E-state index in [0.717, 1.165) is 38.5 Å². The van der Waals surface area contributed by atoms with Crippen LogP contribution < -0.4 is 0 Å². The first-order chi connectivity index (χ1) is 11.0. The van der Waals surface area contributed by atoms with E-state index < -0.39 is 0 Å². The van der Waals surface area contributed by atoms with Crippen LogP contribution in [0.3, 0.4) is 0 Å². The van der Waals surface area contributed by atoms with Crippen molar-refractivity contribution in [3.63, 3.8) is 0 Å². The fraction of sp³-hybridized carbons (Fsp3) is 0.700. The monoisotopic (exact) mass is 316 g/mol. The summed E-state index contributed by atoms with van der Waals surface area (Å²) in [6, 6.07) is 5.88. The highest BCUT2D eigenvalue weighted by Crippen LogP contribution is 2.63. The molecule has 2 saturated carbocycles. The van der Waals surface area contributed by atoms with Crippen molar-refractivity contribution in [3.8, 4) is 5.75 Å². The van der Waals surface area contributed by atoms with Gasteiger partial charge in [0.2, 0.25) is 0 Å². The lowest BCUT2D eigenvalue weighted by Crippen LogP contribution is -2.45. The minimum Gasteiger partial charge on any atom is -0.508 e. The quantitative estimate of drug-likeness (QED) is 0.785. The molecule has 3 nitrogen and oxygen atoms in total. The minimum absolute atomic E-state index is 0.0232. The van der Waals surface area contributed by atoms with Gasteiger partial charge in [-0.05, 0) is 90.9 Å². The van der Waals surface area contributed by atoms with E-state index in [2.05, 4.69) is 13.0 Å². The molecule has 0 amide bonds. The molecule has 2 fully saturated rings. The smallest absolute Gasteiger partial charge is 0.115 e. The lowest BCUT2D eigenvalue weighted by atomic mass is 9.54. The normalized spacial score (nSPS) is 42.0. The van der Waals surface area contributed by atoms with Gasteiger partial charge < -0.3 is 15.3 Å². The third-order valence-corrected chi connectivity index (χ3v) is 7.30. The number of phenolic OH excluding ortho intramolecular Hbond substituents is 1. The molecule has 23 heavy (non-hydrogen) atoms. The van der Waals surface area contributed by atoms with Crippen LogP contribution in [-0.4, -0.2) is 28.0 Å². The molecule has 2 unspecified atom stereocenters. The summed E-state index contributed by atoms with van der Waals surface area (Å²) in [5, 5.41) is 29.9. The fourth-order valence-electron chi connectivity index (χ4n) is 6.29. The Hall–Kier alpha value is -1.06. The summed E-state index contributed by atoms with van der Waals surface area (Å²) in [5.74, 6) is 2.51. The number of fused-ring (bicyclic) bond motifs is 5. The van der Waals surface area contributed by atoms with Gasteiger partial charge in [0.15, 0.2) is 0 Å². The van der Waals surface area contributed by atoms with Crippen molar-refractivity contribution >= 4 is 0 Å². The molecule has 0 aromatic heterocycles. The number of hydrogen-bond acceptors (Lipinski definition) is 3. The maximum atomic E-state index is 10.7. The van der Waals surface area contributed by atoms with E-state index in [0.29, 0.717) is 29.4 Å². The highest BCUT2D eigenvalue weighted by atomic mass is 16.3. The third-order valence-electron chi connectivity index (χ3n) is 7.30. The average molecular weight is 316 g/mol. The third kappa shape index (κ3) is 2.24. The molecule has 1 aromatic rings. The first-order valence-electron chi connectivity index (χ1n) is 9.15. The molecule has 1 aromatic carbocycles. The number of phenols is 1. The number of aliphatic hydroxyl groups excluding tert-OH is 2. The Morgan fingerprint density at radius 3 is 2.87 bits per heavy atom. The predicted octanol–water partition coefficient (Wildman–Crippen LogP) is 3.22. The van der Waals surface area contributed by atoms with Gasteiger partial charge in [-0.2, -0.15) is 0 Å². The summed E-state index contributed by atoms with van der Waals surface area (Å²) >= 11 is 0. The van der Waals surface area contributed by atoms with Gasteiger partial charge in [-0.1, -0.05) is 13.0 Å². The van der Waals surface area contributed by atoms with Crippen LogP contribution in [0.5, 0.6) is 5.75 Å². The topological polar surface area (TPSA) is 60.7 Å². The van der Waals surface area contributed by atoms with E-state index in [1.807, 2.05) is 12.1 Å². The number of aromatic hydroxyl groups is 1. The van der Waals surface area contributed by atoms with Crippen LogP contribution in [0.1, 0.15) is 56.1 Å². The van der Waals surface area contributed by atoms with Gasteiger partial charge in [0.25, 0.3) is 0 Å². The lowest BCUT2D eigenvalue weighted by Gasteiger charge is -2.51. The highest BCUT2D eigenvalue weighted by molar-refractivity contribution is 5.40. The van der Waals surface area contributed by atoms with E-state index in [-0.39, 0.29) is 18.1 Å². The molecule has 3 aliphatic carbocycles. The fourth-order valence-corrected chi connectivity index (χ4v) is 6.29. The minimum atomic E-state index is -0.216. The van der Waals surface area contributed by atoms with E-state index >= 15 is 0 Å². The van der Waals surface area contributed by atoms with Crippen molar-refractivity contribution < 1.29 is 15.3 Å². The highest BCUT2D eigenvalue weighted by Gasteiger charge is 2.58. The maximum Gasteiger partial charge on any atom is 0.115 e. The summed E-state index contributed by atoms with van der Waals surface area (Å²) < 4.78 is 0. The standard InChI is InChI=1S/C20H28O3/c1-20-8-6-16-15-5-3-14(22)10-12(15)2-4-17(16)19(20)13(7-9-21)11-18(20)23/h3,5,10,13,16-19,21-23H,2,4,6-9,11H2,1H3/t13?,16-,17-,18?,19+,20-/m1/s1. The summed E-state index contributed by atoms with van der Waals surface area (Å²) in [7, 11) is 0. The first kappa shape index (κ1) is 15.5. The van der Waals surface area contributed by atoms with Crippen LogP contribution in [0.4, 0.5) is 0 Å². The molecule has 0 saturated heterocycles. The Kier molecular flexibility index (Phi) is 3.69. The molecule has 0 spiro atoms. The Morgan fingerprint density at radius 2 is 2.09 bits per heavy atom. The molecule has 3 heteroatoms. The molecular weight excluding hydrogens is 288 g/mol.